The predicted molar refractivity (Wildman–Crippen MR) is 109 cm³/mol. The van der Waals surface area contributed by atoms with Crippen molar-refractivity contribution in [1.29, 1.82) is 0 Å². The van der Waals surface area contributed by atoms with Crippen LogP contribution >= 0.6 is 0 Å². The van der Waals surface area contributed by atoms with Gasteiger partial charge < -0.3 is 4.98 Å². The molecule has 0 saturated heterocycles. The van der Waals surface area contributed by atoms with E-state index in [2.05, 4.69) is 78.7 Å². The summed E-state index contributed by atoms with van der Waals surface area (Å²) in [6.45, 7) is 2.12. The van der Waals surface area contributed by atoms with Crippen LogP contribution in [-0.2, 0) is 12.8 Å². The molecule has 0 aliphatic heterocycles. The molecule has 4 rings (SSSR count). The van der Waals surface area contributed by atoms with Crippen molar-refractivity contribution in [2.45, 2.75) is 32.6 Å². The average Bonchev–Trinajstić information content (AvgIpc) is 3.17. The number of hydrogen-bond donors (Lipinski definition) is 1. The fourth-order valence-electron chi connectivity index (χ4n) is 3.32. The topological polar surface area (TPSA) is 28.7 Å². The van der Waals surface area contributed by atoms with E-state index >= 15 is 0 Å². The average molecular weight is 340 g/mol. The zero-order valence-corrected chi connectivity index (χ0v) is 15.2. The molecular weight excluding hydrogens is 316 g/mol. The molecule has 0 fully saturated rings. The maximum absolute atomic E-state index is 4.77. The summed E-state index contributed by atoms with van der Waals surface area (Å²) in [5.74, 6) is 1.04. The lowest BCUT2D eigenvalue weighted by atomic mass is 9.98. The van der Waals surface area contributed by atoms with Crippen LogP contribution in [-0.4, -0.2) is 9.97 Å². The summed E-state index contributed by atoms with van der Waals surface area (Å²) < 4.78 is 0. The molecule has 3 aromatic rings. The highest BCUT2D eigenvalue weighted by Gasteiger charge is 2.06. The summed E-state index contributed by atoms with van der Waals surface area (Å²) in [6, 6.07) is 17.5. The van der Waals surface area contributed by atoms with E-state index < -0.39 is 0 Å². The summed E-state index contributed by atoms with van der Waals surface area (Å²) in [4.78, 5) is 8.10. The minimum atomic E-state index is 0.929. The summed E-state index contributed by atoms with van der Waals surface area (Å²) in [7, 11) is 0. The number of nitrogens with one attached hydrogen (secondary N) is 1. The highest BCUT2D eigenvalue weighted by atomic mass is 14.9. The number of allylic oxidation sites excluding steroid dienone is 4. The smallest absolute Gasteiger partial charge is 0.107 e. The van der Waals surface area contributed by atoms with E-state index in [1.807, 2.05) is 6.20 Å². The van der Waals surface area contributed by atoms with Gasteiger partial charge in [-0.2, -0.15) is 0 Å². The second-order valence-corrected chi connectivity index (χ2v) is 6.93. The Morgan fingerprint density at radius 3 is 2.38 bits per heavy atom. The number of benzene rings is 2. The molecule has 26 heavy (non-hydrogen) atoms. The van der Waals surface area contributed by atoms with Gasteiger partial charge >= 0.3 is 0 Å². The maximum Gasteiger partial charge on any atom is 0.107 e. The van der Waals surface area contributed by atoms with Gasteiger partial charge in [0.1, 0.15) is 5.82 Å². The zero-order chi connectivity index (χ0) is 17.8. The molecule has 1 aliphatic rings. The number of H-pyrrole nitrogens is 1. The third-order valence-electron chi connectivity index (χ3n) is 4.91. The number of hydrogen-bond acceptors (Lipinski definition) is 1. The number of aryl methyl sites for hydroxylation is 3. The molecule has 0 unspecified atom stereocenters. The Kier molecular flexibility index (Phi) is 4.83. The standard InChI is InChI=1S/C24H24N2/c1-18-7-9-19(10-8-18)11-16-24-25-17-23(26-24)22-14-12-21(13-15-22)20-5-3-2-4-6-20/h3,5-10,12-15,17H,2,4,11,16H2,1H3,(H,25,26). The Bertz CT molecular complexity index is 925. The summed E-state index contributed by atoms with van der Waals surface area (Å²) in [5.41, 5.74) is 7.43. The van der Waals surface area contributed by atoms with Crippen LogP contribution in [0.3, 0.4) is 0 Å². The fraction of sp³-hybridized carbons (Fsp3) is 0.208. The van der Waals surface area contributed by atoms with E-state index in [9.17, 15) is 0 Å². The third kappa shape index (κ3) is 3.85. The molecule has 1 N–H and O–H groups in total. The molecule has 0 saturated carbocycles. The largest absolute Gasteiger partial charge is 0.348 e. The number of nitrogens with zero attached hydrogens (tertiary/aromatic N) is 1. The van der Waals surface area contributed by atoms with Crippen LogP contribution in [0.5, 0.6) is 0 Å². The normalized spacial score (nSPS) is 13.7. The lowest BCUT2D eigenvalue weighted by Gasteiger charge is -2.07. The van der Waals surface area contributed by atoms with E-state index in [1.165, 1.54) is 22.3 Å². The molecule has 2 heteroatoms. The summed E-state index contributed by atoms with van der Waals surface area (Å²) >= 11 is 0. The zero-order valence-electron chi connectivity index (χ0n) is 15.2. The number of aromatic nitrogens is 2. The Labute approximate surface area is 155 Å². The van der Waals surface area contributed by atoms with Gasteiger partial charge in [-0.3, -0.25) is 0 Å². The van der Waals surface area contributed by atoms with Gasteiger partial charge in [0.25, 0.3) is 0 Å². The van der Waals surface area contributed by atoms with E-state index in [0.29, 0.717) is 0 Å². The van der Waals surface area contributed by atoms with Crippen LogP contribution in [0, 0.1) is 6.92 Å². The van der Waals surface area contributed by atoms with Crippen molar-refractivity contribution in [2.75, 3.05) is 0 Å². The molecule has 1 heterocycles. The minimum absolute atomic E-state index is 0.929. The molecular formula is C24H24N2. The molecule has 2 nitrogen and oxygen atoms in total. The van der Waals surface area contributed by atoms with Crippen molar-refractivity contribution in [1.82, 2.24) is 9.97 Å². The van der Waals surface area contributed by atoms with Crippen LogP contribution in [0.15, 0.2) is 73.0 Å². The quantitative estimate of drug-likeness (QED) is 0.615. The summed E-state index contributed by atoms with van der Waals surface area (Å²) in [6.07, 6.45) is 13.0. The van der Waals surface area contributed by atoms with E-state index in [-0.39, 0.29) is 0 Å². The molecule has 0 bridgehead atoms. The molecule has 0 radical (unpaired) electrons. The van der Waals surface area contributed by atoms with Crippen LogP contribution < -0.4 is 0 Å². The van der Waals surface area contributed by atoms with Crippen LogP contribution in [0.1, 0.15) is 35.4 Å². The van der Waals surface area contributed by atoms with Crippen molar-refractivity contribution in [3.05, 3.63) is 95.5 Å². The third-order valence-corrected chi connectivity index (χ3v) is 4.91. The van der Waals surface area contributed by atoms with E-state index in [1.54, 1.807) is 0 Å². The van der Waals surface area contributed by atoms with Crippen LogP contribution in [0.2, 0.25) is 0 Å². The van der Waals surface area contributed by atoms with Gasteiger partial charge in [0.05, 0.1) is 5.69 Å². The Hall–Kier alpha value is -2.87. The SMILES string of the molecule is Cc1ccc(CCc2nc(-c3ccc(C4=CCCC=C4)cc3)c[nH]2)cc1. The number of aromatic amines is 1. The maximum atomic E-state index is 4.77. The number of rotatable bonds is 5. The first kappa shape index (κ1) is 16.6. The first-order valence-corrected chi connectivity index (χ1v) is 9.35. The lowest BCUT2D eigenvalue weighted by molar-refractivity contribution is 0.884. The molecule has 130 valence electrons. The molecule has 0 atom stereocenters. The lowest BCUT2D eigenvalue weighted by Crippen LogP contribution is -1.93. The van der Waals surface area contributed by atoms with Crippen LogP contribution in [0.4, 0.5) is 0 Å². The predicted octanol–water partition coefficient (Wildman–Crippen LogP) is 5.90. The molecule has 2 aromatic carbocycles. The van der Waals surface area contributed by atoms with Gasteiger partial charge in [0.2, 0.25) is 0 Å². The Morgan fingerprint density at radius 1 is 0.885 bits per heavy atom. The van der Waals surface area contributed by atoms with Gasteiger partial charge in [-0.1, -0.05) is 72.3 Å². The van der Waals surface area contributed by atoms with Gasteiger partial charge in [0.15, 0.2) is 0 Å². The van der Waals surface area contributed by atoms with E-state index in [0.717, 1.165) is 42.8 Å². The summed E-state index contributed by atoms with van der Waals surface area (Å²) in [5, 5.41) is 0. The Balaban J connectivity index is 1.43. The van der Waals surface area contributed by atoms with Crippen molar-refractivity contribution in [2.24, 2.45) is 0 Å². The van der Waals surface area contributed by atoms with Crippen molar-refractivity contribution >= 4 is 5.57 Å². The van der Waals surface area contributed by atoms with Gasteiger partial charge in [0, 0.05) is 18.2 Å². The second-order valence-electron chi connectivity index (χ2n) is 6.93. The van der Waals surface area contributed by atoms with E-state index in [4.69, 9.17) is 4.98 Å². The molecule has 0 spiro atoms. The van der Waals surface area contributed by atoms with Crippen molar-refractivity contribution in [3.63, 3.8) is 0 Å². The van der Waals surface area contributed by atoms with Gasteiger partial charge in [-0.25, -0.2) is 4.98 Å². The highest BCUT2D eigenvalue weighted by Crippen LogP contribution is 2.24. The molecule has 0 amide bonds. The van der Waals surface area contributed by atoms with Gasteiger partial charge in [-0.05, 0) is 42.9 Å². The monoisotopic (exact) mass is 340 g/mol. The molecule has 1 aliphatic carbocycles. The second kappa shape index (κ2) is 7.57. The Morgan fingerprint density at radius 2 is 1.65 bits per heavy atom. The van der Waals surface area contributed by atoms with Crippen molar-refractivity contribution in [3.8, 4) is 11.3 Å². The first-order chi connectivity index (χ1) is 12.8. The fourth-order valence-corrected chi connectivity index (χ4v) is 3.32. The first-order valence-electron chi connectivity index (χ1n) is 9.35. The molecule has 1 aromatic heterocycles. The highest BCUT2D eigenvalue weighted by molar-refractivity contribution is 5.76. The minimum Gasteiger partial charge on any atom is -0.348 e. The van der Waals surface area contributed by atoms with Crippen molar-refractivity contribution < 1.29 is 0 Å². The van der Waals surface area contributed by atoms with Gasteiger partial charge in [-0.15, -0.1) is 0 Å². The van der Waals surface area contributed by atoms with Crippen LogP contribution in [0.25, 0.3) is 16.8 Å². The number of imidazole rings is 1.